The second-order valence-corrected chi connectivity index (χ2v) is 6.33. The molecule has 0 N–H and O–H groups in total. The van der Waals surface area contributed by atoms with Crippen molar-refractivity contribution < 1.29 is 0 Å². The van der Waals surface area contributed by atoms with Gasteiger partial charge in [-0.1, -0.05) is 63.4 Å². The van der Waals surface area contributed by atoms with Crippen LogP contribution in [0.4, 0.5) is 0 Å². The van der Waals surface area contributed by atoms with E-state index in [1.54, 1.807) is 0 Å². The van der Waals surface area contributed by atoms with Gasteiger partial charge in [-0.15, -0.1) is 11.6 Å². The monoisotopic (exact) mass is 356 g/mol. The molecule has 0 aliphatic rings. The lowest BCUT2D eigenvalue weighted by Crippen LogP contribution is -2.05. The average Bonchev–Trinajstić information content (AvgIpc) is 2.39. The maximum Gasteiger partial charge on any atom is 0.0449 e. The SMILES string of the molecule is Cc1ccc(C(CCl)Cc2ccc(Br)cc2Cl)cc1. The third kappa shape index (κ3) is 3.98. The number of hydrogen-bond acceptors (Lipinski definition) is 0. The average molecular weight is 358 g/mol. The van der Waals surface area contributed by atoms with E-state index >= 15 is 0 Å². The molecule has 0 spiro atoms. The van der Waals surface area contributed by atoms with E-state index in [0.717, 1.165) is 21.5 Å². The third-order valence-electron chi connectivity index (χ3n) is 3.22. The number of alkyl halides is 1. The molecule has 0 aliphatic heterocycles. The quantitative estimate of drug-likeness (QED) is 0.590. The first kappa shape index (κ1) is 14.9. The molecule has 100 valence electrons. The fraction of sp³-hybridized carbons (Fsp3) is 0.250. The van der Waals surface area contributed by atoms with Crippen molar-refractivity contribution in [2.45, 2.75) is 19.3 Å². The van der Waals surface area contributed by atoms with Crippen LogP contribution in [0.25, 0.3) is 0 Å². The van der Waals surface area contributed by atoms with Crippen molar-refractivity contribution >= 4 is 39.1 Å². The van der Waals surface area contributed by atoms with Crippen LogP contribution in [0.5, 0.6) is 0 Å². The Kier molecular flexibility index (Phi) is 5.32. The van der Waals surface area contributed by atoms with Gasteiger partial charge in [-0.2, -0.15) is 0 Å². The molecule has 2 rings (SSSR count). The summed E-state index contributed by atoms with van der Waals surface area (Å²) in [6.07, 6.45) is 0.860. The van der Waals surface area contributed by atoms with E-state index in [1.165, 1.54) is 11.1 Å². The molecule has 0 nitrogen and oxygen atoms in total. The molecule has 0 aliphatic carbocycles. The Morgan fingerprint density at radius 2 is 1.79 bits per heavy atom. The molecular formula is C16H15BrCl2. The summed E-state index contributed by atoms with van der Waals surface area (Å²) in [6.45, 7) is 2.09. The van der Waals surface area contributed by atoms with Gasteiger partial charge in [0, 0.05) is 21.3 Å². The van der Waals surface area contributed by atoms with Crippen molar-refractivity contribution in [1.29, 1.82) is 0 Å². The zero-order valence-electron chi connectivity index (χ0n) is 10.7. The fourth-order valence-corrected chi connectivity index (χ4v) is 3.09. The van der Waals surface area contributed by atoms with Crippen LogP contribution < -0.4 is 0 Å². The lowest BCUT2D eigenvalue weighted by Gasteiger charge is -2.16. The Labute approximate surface area is 132 Å². The lowest BCUT2D eigenvalue weighted by atomic mass is 9.93. The summed E-state index contributed by atoms with van der Waals surface area (Å²) in [5.74, 6) is 0.885. The summed E-state index contributed by atoms with van der Waals surface area (Å²) in [4.78, 5) is 0. The van der Waals surface area contributed by atoms with Crippen molar-refractivity contribution in [3.8, 4) is 0 Å². The van der Waals surface area contributed by atoms with Gasteiger partial charge in [-0.25, -0.2) is 0 Å². The molecule has 0 fully saturated rings. The van der Waals surface area contributed by atoms with Crippen molar-refractivity contribution in [2.24, 2.45) is 0 Å². The zero-order valence-corrected chi connectivity index (χ0v) is 13.8. The molecule has 0 radical (unpaired) electrons. The number of benzene rings is 2. The number of hydrogen-bond donors (Lipinski definition) is 0. The van der Waals surface area contributed by atoms with E-state index in [-0.39, 0.29) is 0 Å². The summed E-state index contributed by atoms with van der Waals surface area (Å²) >= 11 is 15.8. The van der Waals surface area contributed by atoms with Crippen LogP contribution in [0.2, 0.25) is 5.02 Å². The highest BCUT2D eigenvalue weighted by molar-refractivity contribution is 9.10. The topological polar surface area (TPSA) is 0 Å². The first-order valence-corrected chi connectivity index (χ1v) is 7.87. The molecule has 0 heterocycles. The van der Waals surface area contributed by atoms with Gasteiger partial charge >= 0.3 is 0 Å². The van der Waals surface area contributed by atoms with Crippen LogP contribution in [0.15, 0.2) is 46.9 Å². The second kappa shape index (κ2) is 6.78. The Balaban J connectivity index is 2.21. The zero-order chi connectivity index (χ0) is 13.8. The minimum Gasteiger partial charge on any atom is -0.126 e. The van der Waals surface area contributed by atoms with Crippen molar-refractivity contribution in [1.82, 2.24) is 0 Å². The number of aryl methyl sites for hydroxylation is 1. The maximum atomic E-state index is 6.27. The molecule has 2 aromatic rings. The molecule has 3 heteroatoms. The standard InChI is InChI=1S/C16H15BrCl2/c1-11-2-4-12(5-3-11)14(10-18)8-13-6-7-15(17)9-16(13)19/h2-7,9,14H,8,10H2,1H3. The molecule has 0 saturated carbocycles. The van der Waals surface area contributed by atoms with Gasteiger partial charge in [0.1, 0.15) is 0 Å². The number of halogens is 3. The van der Waals surface area contributed by atoms with Crippen LogP contribution in [0, 0.1) is 6.92 Å². The Hall–Kier alpha value is -0.500. The van der Waals surface area contributed by atoms with Gasteiger partial charge in [0.15, 0.2) is 0 Å². The predicted molar refractivity (Wildman–Crippen MR) is 87.5 cm³/mol. The Morgan fingerprint density at radius 3 is 2.37 bits per heavy atom. The van der Waals surface area contributed by atoms with Crippen LogP contribution in [0.3, 0.4) is 0 Å². The summed E-state index contributed by atoms with van der Waals surface area (Å²) in [6, 6.07) is 14.5. The Morgan fingerprint density at radius 1 is 1.11 bits per heavy atom. The van der Waals surface area contributed by atoms with Crippen molar-refractivity contribution in [2.75, 3.05) is 5.88 Å². The summed E-state index contributed by atoms with van der Waals surface area (Å²) < 4.78 is 0.999. The Bertz CT molecular complexity index is 549. The molecule has 1 unspecified atom stereocenters. The van der Waals surface area contributed by atoms with E-state index in [1.807, 2.05) is 12.1 Å². The minimum atomic E-state index is 0.293. The molecule has 0 amide bonds. The fourth-order valence-electron chi connectivity index (χ4n) is 2.05. The molecule has 0 bridgehead atoms. The van der Waals surface area contributed by atoms with E-state index in [4.69, 9.17) is 23.2 Å². The van der Waals surface area contributed by atoms with Crippen LogP contribution in [-0.4, -0.2) is 5.88 Å². The maximum absolute atomic E-state index is 6.27. The molecule has 0 saturated heterocycles. The summed E-state index contributed by atoms with van der Waals surface area (Å²) in [7, 11) is 0. The smallest absolute Gasteiger partial charge is 0.0449 e. The normalized spacial score (nSPS) is 12.4. The summed E-state index contributed by atoms with van der Waals surface area (Å²) in [5.41, 5.74) is 3.66. The lowest BCUT2D eigenvalue weighted by molar-refractivity contribution is 0.766. The summed E-state index contributed by atoms with van der Waals surface area (Å²) in [5, 5.41) is 0.789. The van der Waals surface area contributed by atoms with Gasteiger partial charge in [-0.3, -0.25) is 0 Å². The van der Waals surface area contributed by atoms with Crippen molar-refractivity contribution in [3.63, 3.8) is 0 Å². The van der Waals surface area contributed by atoms with Crippen molar-refractivity contribution in [3.05, 3.63) is 68.7 Å². The van der Waals surface area contributed by atoms with Gasteiger partial charge in [0.2, 0.25) is 0 Å². The molecule has 1 atom stereocenters. The molecule has 19 heavy (non-hydrogen) atoms. The predicted octanol–water partition coefficient (Wildman–Crippen LogP) is 5.98. The second-order valence-electron chi connectivity index (χ2n) is 4.70. The molecule has 0 aromatic heterocycles. The van der Waals surface area contributed by atoms with E-state index in [9.17, 15) is 0 Å². The molecular weight excluding hydrogens is 343 g/mol. The molecule has 2 aromatic carbocycles. The van der Waals surface area contributed by atoms with E-state index in [2.05, 4.69) is 53.2 Å². The van der Waals surface area contributed by atoms with E-state index < -0.39 is 0 Å². The third-order valence-corrected chi connectivity index (χ3v) is 4.43. The minimum absolute atomic E-state index is 0.293. The highest BCUT2D eigenvalue weighted by atomic mass is 79.9. The first-order valence-electron chi connectivity index (χ1n) is 6.16. The highest BCUT2D eigenvalue weighted by Crippen LogP contribution is 2.28. The van der Waals surface area contributed by atoms with E-state index in [0.29, 0.717) is 11.8 Å². The largest absolute Gasteiger partial charge is 0.126 e. The van der Waals surface area contributed by atoms with Gasteiger partial charge in [0.05, 0.1) is 0 Å². The first-order chi connectivity index (χ1) is 9.10. The number of rotatable bonds is 4. The van der Waals surface area contributed by atoms with Gasteiger partial charge < -0.3 is 0 Å². The van der Waals surface area contributed by atoms with Crippen LogP contribution in [-0.2, 0) is 6.42 Å². The van der Waals surface area contributed by atoms with Gasteiger partial charge in [-0.05, 0) is 36.6 Å². The highest BCUT2D eigenvalue weighted by Gasteiger charge is 2.13. The van der Waals surface area contributed by atoms with Crippen LogP contribution in [0.1, 0.15) is 22.6 Å². The van der Waals surface area contributed by atoms with Gasteiger partial charge in [0.25, 0.3) is 0 Å². The van der Waals surface area contributed by atoms with Crippen LogP contribution >= 0.6 is 39.1 Å².